The third-order valence-corrected chi connectivity index (χ3v) is 5.31. The molecule has 0 saturated carbocycles. The summed E-state index contributed by atoms with van der Waals surface area (Å²) in [5.41, 5.74) is -0.0220. The third-order valence-electron chi connectivity index (χ3n) is 4.57. The van der Waals surface area contributed by atoms with Gasteiger partial charge < -0.3 is 15.0 Å². The molecule has 150 valence electrons. The molecule has 1 heterocycles. The van der Waals surface area contributed by atoms with E-state index in [1.165, 1.54) is 0 Å². The van der Waals surface area contributed by atoms with Crippen molar-refractivity contribution in [1.82, 2.24) is 10.2 Å². The smallest absolute Gasteiger partial charge is 0.251 e. The largest absolute Gasteiger partial charge is 0.490 e. The second-order valence-electron chi connectivity index (χ2n) is 6.65. The molecule has 1 aliphatic rings. The Labute approximate surface area is 172 Å². The number of carbonyl (C=O) groups is 1. The van der Waals surface area contributed by atoms with Crippen molar-refractivity contribution in [2.75, 3.05) is 26.2 Å². The number of benzene rings is 2. The molecular formula is C20H20Cl2F2N2O2. The number of likely N-dealkylation sites (tertiary alicyclic amines) is 1. The molecule has 0 spiro atoms. The second kappa shape index (κ2) is 9.54. The van der Waals surface area contributed by atoms with Gasteiger partial charge in [-0.05, 0) is 37.1 Å². The number of amides is 1. The highest BCUT2D eigenvalue weighted by atomic mass is 35.5. The van der Waals surface area contributed by atoms with Crippen LogP contribution in [-0.4, -0.2) is 43.1 Å². The first-order valence-corrected chi connectivity index (χ1v) is 9.74. The molecule has 28 heavy (non-hydrogen) atoms. The van der Waals surface area contributed by atoms with E-state index in [2.05, 4.69) is 10.2 Å². The fourth-order valence-corrected chi connectivity index (χ4v) is 3.40. The molecule has 0 unspecified atom stereocenters. The molecule has 1 amide bonds. The van der Waals surface area contributed by atoms with E-state index in [9.17, 15) is 13.6 Å². The standard InChI is InChI=1S/C20H20Cl2F2N2O2/c21-18-2-1-17(12-19(18)22)28-16-3-6-26(7-4-16)8-5-25-20(27)13-9-14(23)11-15(24)10-13/h1-2,9-12,16H,3-8H2,(H,25,27). The van der Waals surface area contributed by atoms with Crippen molar-refractivity contribution in [1.29, 1.82) is 0 Å². The van der Waals surface area contributed by atoms with Crippen molar-refractivity contribution in [3.63, 3.8) is 0 Å². The van der Waals surface area contributed by atoms with Crippen LogP contribution < -0.4 is 10.1 Å². The minimum absolute atomic E-state index is 0.0220. The van der Waals surface area contributed by atoms with Crippen LogP contribution in [0.1, 0.15) is 23.2 Å². The maximum atomic E-state index is 13.2. The molecule has 0 aliphatic carbocycles. The minimum Gasteiger partial charge on any atom is -0.490 e. The summed E-state index contributed by atoms with van der Waals surface area (Å²) in [4.78, 5) is 14.2. The fourth-order valence-electron chi connectivity index (χ4n) is 3.11. The SMILES string of the molecule is O=C(NCCN1CCC(Oc2ccc(Cl)c(Cl)c2)CC1)c1cc(F)cc(F)c1. The molecule has 1 saturated heterocycles. The van der Waals surface area contributed by atoms with Crippen molar-refractivity contribution in [2.24, 2.45) is 0 Å². The van der Waals surface area contributed by atoms with Crippen LogP contribution in [0.15, 0.2) is 36.4 Å². The monoisotopic (exact) mass is 428 g/mol. The van der Waals surface area contributed by atoms with Crippen LogP contribution in [0.4, 0.5) is 8.78 Å². The Bertz CT molecular complexity index is 823. The Morgan fingerprint density at radius 3 is 2.39 bits per heavy atom. The molecule has 0 atom stereocenters. The zero-order valence-corrected chi connectivity index (χ0v) is 16.6. The van der Waals surface area contributed by atoms with E-state index in [4.69, 9.17) is 27.9 Å². The molecule has 8 heteroatoms. The van der Waals surface area contributed by atoms with Gasteiger partial charge in [0, 0.05) is 43.9 Å². The number of carbonyl (C=O) groups excluding carboxylic acids is 1. The van der Waals surface area contributed by atoms with E-state index in [0.717, 1.165) is 44.1 Å². The van der Waals surface area contributed by atoms with E-state index >= 15 is 0 Å². The van der Waals surface area contributed by atoms with Gasteiger partial charge in [-0.1, -0.05) is 23.2 Å². The lowest BCUT2D eigenvalue weighted by atomic mass is 10.1. The number of nitrogens with zero attached hydrogens (tertiary/aromatic N) is 1. The van der Waals surface area contributed by atoms with Crippen LogP contribution in [0.3, 0.4) is 0 Å². The molecule has 1 aliphatic heterocycles. The van der Waals surface area contributed by atoms with E-state index in [-0.39, 0.29) is 11.7 Å². The van der Waals surface area contributed by atoms with Crippen LogP contribution in [0, 0.1) is 11.6 Å². The predicted octanol–water partition coefficient (Wildman–Crippen LogP) is 4.54. The number of hydrogen-bond acceptors (Lipinski definition) is 3. The molecule has 0 radical (unpaired) electrons. The lowest BCUT2D eigenvalue weighted by molar-refractivity contribution is 0.0905. The van der Waals surface area contributed by atoms with E-state index in [1.54, 1.807) is 18.2 Å². The molecule has 2 aromatic rings. The molecule has 1 fully saturated rings. The third kappa shape index (κ3) is 5.80. The van der Waals surface area contributed by atoms with Gasteiger partial charge in [0.15, 0.2) is 0 Å². The van der Waals surface area contributed by atoms with E-state index < -0.39 is 17.5 Å². The molecule has 0 bridgehead atoms. The highest BCUT2D eigenvalue weighted by molar-refractivity contribution is 6.42. The van der Waals surface area contributed by atoms with E-state index in [0.29, 0.717) is 28.9 Å². The van der Waals surface area contributed by atoms with Gasteiger partial charge in [-0.2, -0.15) is 0 Å². The normalized spacial score (nSPS) is 15.4. The van der Waals surface area contributed by atoms with Gasteiger partial charge >= 0.3 is 0 Å². The number of piperidine rings is 1. The van der Waals surface area contributed by atoms with Crippen molar-refractivity contribution >= 4 is 29.1 Å². The van der Waals surface area contributed by atoms with Gasteiger partial charge in [-0.15, -0.1) is 0 Å². The highest BCUT2D eigenvalue weighted by Crippen LogP contribution is 2.28. The van der Waals surface area contributed by atoms with Gasteiger partial charge in [0.25, 0.3) is 5.91 Å². The van der Waals surface area contributed by atoms with Crippen LogP contribution in [0.2, 0.25) is 10.0 Å². The summed E-state index contributed by atoms with van der Waals surface area (Å²) >= 11 is 11.9. The maximum absolute atomic E-state index is 13.2. The van der Waals surface area contributed by atoms with Crippen LogP contribution >= 0.6 is 23.2 Å². The fraction of sp³-hybridized carbons (Fsp3) is 0.350. The van der Waals surface area contributed by atoms with E-state index in [1.807, 2.05) is 0 Å². The quantitative estimate of drug-likeness (QED) is 0.733. The maximum Gasteiger partial charge on any atom is 0.251 e. The van der Waals surface area contributed by atoms with Gasteiger partial charge in [-0.3, -0.25) is 4.79 Å². The number of ether oxygens (including phenoxy) is 1. The van der Waals surface area contributed by atoms with Gasteiger partial charge in [0.2, 0.25) is 0 Å². The summed E-state index contributed by atoms with van der Waals surface area (Å²) in [5.74, 6) is -1.33. The minimum atomic E-state index is -0.769. The first-order chi connectivity index (χ1) is 13.4. The average Bonchev–Trinajstić information content (AvgIpc) is 2.65. The number of halogens is 4. The lowest BCUT2D eigenvalue weighted by Gasteiger charge is -2.32. The summed E-state index contributed by atoms with van der Waals surface area (Å²) in [7, 11) is 0. The van der Waals surface area contributed by atoms with Gasteiger partial charge in [-0.25, -0.2) is 8.78 Å². The molecule has 1 N–H and O–H groups in total. The summed E-state index contributed by atoms with van der Waals surface area (Å²) in [6, 6.07) is 7.99. The Morgan fingerprint density at radius 1 is 1.07 bits per heavy atom. The Balaban J connectivity index is 1.39. The van der Waals surface area contributed by atoms with Crippen LogP contribution in [0.5, 0.6) is 5.75 Å². The van der Waals surface area contributed by atoms with Crippen molar-refractivity contribution in [3.8, 4) is 5.75 Å². The summed E-state index contributed by atoms with van der Waals surface area (Å²) < 4.78 is 32.3. The Kier molecular flexibility index (Phi) is 7.10. The number of nitrogens with one attached hydrogen (secondary N) is 1. The molecule has 4 nitrogen and oxygen atoms in total. The van der Waals surface area contributed by atoms with Crippen LogP contribution in [0.25, 0.3) is 0 Å². The Morgan fingerprint density at radius 2 is 1.75 bits per heavy atom. The van der Waals surface area contributed by atoms with Crippen LogP contribution in [-0.2, 0) is 0 Å². The predicted molar refractivity (Wildman–Crippen MR) is 105 cm³/mol. The molecule has 3 rings (SSSR count). The highest BCUT2D eigenvalue weighted by Gasteiger charge is 2.20. The molecule has 2 aromatic carbocycles. The second-order valence-corrected chi connectivity index (χ2v) is 7.46. The molecular weight excluding hydrogens is 409 g/mol. The summed E-state index contributed by atoms with van der Waals surface area (Å²) in [6.45, 7) is 2.71. The molecule has 0 aromatic heterocycles. The van der Waals surface area contributed by atoms with Gasteiger partial charge in [0.1, 0.15) is 23.5 Å². The zero-order chi connectivity index (χ0) is 20.1. The van der Waals surface area contributed by atoms with Crippen molar-refractivity contribution in [3.05, 3.63) is 63.6 Å². The first kappa shape index (κ1) is 20.8. The van der Waals surface area contributed by atoms with Gasteiger partial charge in [0.05, 0.1) is 10.0 Å². The van der Waals surface area contributed by atoms with Crippen molar-refractivity contribution < 1.29 is 18.3 Å². The number of rotatable bonds is 6. The Hall–Kier alpha value is -1.89. The zero-order valence-electron chi connectivity index (χ0n) is 15.1. The topological polar surface area (TPSA) is 41.6 Å². The average molecular weight is 429 g/mol. The van der Waals surface area contributed by atoms with Crippen molar-refractivity contribution in [2.45, 2.75) is 18.9 Å². The summed E-state index contributed by atoms with van der Waals surface area (Å²) in [5, 5.41) is 3.65. The summed E-state index contributed by atoms with van der Waals surface area (Å²) in [6.07, 6.45) is 1.80. The number of hydrogen-bond donors (Lipinski definition) is 1. The lowest BCUT2D eigenvalue weighted by Crippen LogP contribution is -2.42. The first-order valence-electron chi connectivity index (χ1n) is 8.99.